The fraction of sp³-hybridized carbons (Fsp3) is 0.933. The van der Waals surface area contributed by atoms with E-state index in [1.807, 2.05) is 0 Å². The number of ether oxygens (including phenoxy) is 1. The molecule has 1 fully saturated rings. The summed E-state index contributed by atoms with van der Waals surface area (Å²) in [5.74, 6) is 0.538. The Kier molecular flexibility index (Phi) is 6.92. The van der Waals surface area contributed by atoms with Gasteiger partial charge < -0.3 is 14.7 Å². The molecule has 0 aliphatic carbocycles. The highest BCUT2D eigenvalue weighted by Crippen LogP contribution is 2.24. The highest BCUT2D eigenvalue weighted by Gasteiger charge is 2.35. The Morgan fingerprint density at radius 3 is 2.75 bits per heavy atom. The maximum Gasteiger partial charge on any atom is 0.224 e. The van der Waals surface area contributed by atoms with Crippen LogP contribution in [0.2, 0.25) is 0 Å². The lowest BCUT2D eigenvalue weighted by Crippen LogP contribution is -2.51. The Balaban J connectivity index is 2.35. The molecule has 1 amide bonds. The van der Waals surface area contributed by atoms with Gasteiger partial charge in [-0.05, 0) is 25.3 Å². The molecule has 1 heterocycles. The quantitative estimate of drug-likeness (QED) is 0.708. The highest BCUT2D eigenvalue weighted by molar-refractivity contribution is 5.76. The zero-order valence-corrected chi connectivity index (χ0v) is 13.4. The fourth-order valence-corrected chi connectivity index (χ4v) is 2.49. The maximum atomic E-state index is 11.8. The summed E-state index contributed by atoms with van der Waals surface area (Å²) in [7, 11) is 3.46. The van der Waals surface area contributed by atoms with Crippen LogP contribution < -0.4 is 0 Å². The second-order valence-electron chi connectivity index (χ2n) is 6.54. The number of rotatable bonds is 7. The van der Waals surface area contributed by atoms with Crippen molar-refractivity contribution in [3.63, 3.8) is 0 Å². The third-order valence-electron chi connectivity index (χ3n) is 3.62. The molecule has 1 rings (SSSR count). The number of amides is 1. The van der Waals surface area contributed by atoms with Crippen molar-refractivity contribution in [3.05, 3.63) is 0 Å². The number of carbonyl (C=O) groups is 1. The van der Waals surface area contributed by atoms with Gasteiger partial charge in [0.15, 0.2) is 0 Å². The van der Waals surface area contributed by atoms with Crippen LogP contribution in [0.1, 0.15) is 33.1 Å². The molecule has 0 aromatic rings. The largest absolute Gasteiger partial charge is 0.388 e. The first-order valence-electron chi connectivity index (χ1n) is 7.55. The van der Waals surface area contributed by atoms with Crippen molar-refractivity contribution in [2.24, 2.45) is 5.92 Å². The minimum Gasteiger partial charge on any atom is -0.388 e. The topological polar surface area (TPSA) is 53.0 Å². The average Bonchev–Trinajstić information content (AvgIpc) is 2.34. The molecule has 1 atom stereocenters. The first kappa shape index (κ1) is 17.4. The van der Waals surface area contributed by atoms with Crippen molar-refractivity contribution < 1.29 is 14.6 Å². The summed E-state index contributed by atoms with van der Waals surface area (Å²) in [5, 5.41) is 10.6. The average molecular weight is 286 g/mol. The van der Waals surface area contributed by atoms with Crippen molar-refractivity contribution in [2.75, 3.05) is 46.9 Å². The second kappa shape index (κ2) is 7.96. The van der Waals surface area contributed by atoms with Crippen molar-refractivity contribution in [3.8, 4) is 0 Å². The summed E-state index contributed by atoms with van der Waals surface area (Å²) in [4.78, 5) is 15.5. The summed E-state index contributed by atoms with van der Waals surface area (Å²) in [5.41, 5.74) is -0.877. The van der Waals surface area contributed by atoms with Gasteiger partial charge in [0, 0.05) is 33.8 Å². The van der Waals surface area contributed by atoms with E-state index in [4.69, 9.17) is 4.74 Å². The highest BCUT2D eigenvalue weighted by atomic mass is 16.5. The molecule has 0 aromatic carbocycles. The predicted octanol–water partition coefficient (Wildman–Crippen LogP) is 0.964. The van der Waals surface area contributed by atoms with Crippen molar-refractivity contribution in [2.45, 2.75) is 38.7 Å². The van der Waals surface area contributed by atoms with E-state index < -0.39 is 5.60 Å². The molecule has 0 saturated carbocycles. The van der Waals surface area contributed by atoms with Crippen molar-refractivity contribution >= 4 is 5.91 Å². The lowest BCUT2D eigenvalue weighted by Gasteiger charge is -2.39. The molecule has 1 aliphatic rings. The van der Waals surface area contributed by atoms with Gasteiger partial charge in [0.25, 0.3) is 0 Å². The second-order valence-corrected chi connectivity index (χ2v) is 6.54. The Hall–Kier alpha value is -0.650. The summed E-state index contributed by atoms with van der Waals surface area (Å²) in [6.45, 7) is 8.10. The molecule has 1 unspecified atom stereocenters. The fourth-order valence-electron chi connectivity index (χ4n) is 2.49. The van der Waals surface area contributed by atoms with E-state index in [2.05, 4.69) is 18.7 Å². The van der Waals surface area contributed by atoms with Crippen LogP contribution in [0.5, 0.6) is 0 Å². The predicted molar refractivity (Wildman–Crippen MR) is 79.6 cm³/mol. The molecule has 118 valence electrons. The monoisotopic (exact) mass is 286 g/mol. The van der Waals surface area contributed by atoms with E-state index in [9.17, 15) is 9.90 Å². The third-order valence-corrected chi connectivity index (χ3v) is 3.62. The standard InChI is InChI=1S/C15H30N2O3/c1-13(2)11-20-9-8-17-7-5-6-15(19,12-17)10-14(18)16(3)4/h13,19H,5-12H2,1-4H3. The molecule has 0 bridgehead atoms. The van der Waals surface area contributed by atoms with Crippen molar-refractivity contribution in [1.82, 2.24) is 9.80 Å². The van der Waals surface area contributed by atoms with Gasteiger partial charge in [0.05, 0.1) is 18.6 Å². The number of hydrogen-bond donors (Lipinski definition) is 1. The van der Waals surface area contributed by atoms with Crippen LogP contribution in [0.15, 0.2) is 0 Å². The Morgan fingerprint density at radius 1 is 1.45 bits per heavy atom. The molecule has 1 N–H and O–H groups in total. The molecular weight excluding hydrogens is 256 g/mol. The molecule has 1 aliphatic heterocycles. The van der Waals surface area contributed by atoms with Crippen LogP contribution in [0.3, 0.4) is 0 Å². The number of likely N-dealkylation sites (tertiary alicyclic amines) is 1. The Labute approximate surface area is 122 Å². The number of aliphatic hydroxyl groups is 1. The maximum absolute atomic E-state index is 11.8. The SMILES string of the molecule is CC(C)COCCN1CCCC(O)(CC(=O)N(C)C)C1. The summed E-state index contributed by atoms with van der Waals surface area (Å²) in [6.07, 6.45) is 1.85. The normalized spacial score (nSPS) is 24.1. The van der Waals surface area contributed by atoms with Crippen molar-refractivity contribution in [1.29, 1.82) is 0 Å². The molecule has 0 aromatic heterocycles. The molecule has 5 nitrogen and oxygen atoms in total. The summed E-state index contributed by atoms with van der Waals surface area (Å²) < 4.78 is 5.59. The third kappa shape index (κ3) is 6.20. The number of nitrogens with zero attached hydrogens (tertiary/aromatic N) is 2. The smallest absolute Gasteiger partial charge is 0.224 e. The lowest BCUT2D eigenvalue weighted by atomic mass is 9.89. The van der Waals surface area contributed by atoms with Gasteiger partial charge in [-0.3, -0.25) is 9.69 Å². The van der Waals surface area contributed by atoms with Gasteiger partial charge in [-0.1, -0.05) is 13.8 Å². The van der Waals surface area contributed by atoms with Crippen LogP contribution in [0.25, 0.3) is 0 Å². The molecular formula is C15H30N2O3. The number of β-amino-alcohol motifs (C(OH)–C–C–N with tert-alkyl or cyclic N) is 1. The molecule has 0 radical (unpaired) electrons. The van der Waals surface area contributed by atoms with Gasteiger partial charge in [0.1, 0.15) is 0 Å². The van der Waals surface area contributed by atoms with Gasteiger partial charge in [0.2, 0.25) is 5.91 Å². The summed E-state index contributed by atoms with van der Waals surface area (Å²) in [6, 6.07) is 0. The number of hydrogen-bond acceptors (Lipinski definition) is 4. The minimum atomic E-state index is -0.877. The number of piperidine rings is 1. The van der Waals surface area contributed by atoms with Crippen LogP contribution >= 0.6 is 0 Å². The lowest BCUT2D eigenvalue weighted by molar-refractivity contribution is -0.136. The van der Waals surface area contributed by atoms with E-state index in [1.54, 1.807) is 19.0 Å². The van der Waals surface area contributed by atoms with E-state index in [0.717, 1.165) is 26.1 Å². The zero-order chi connectivity index (χ0) is 15.2. The van der Waals surface area contributed by atoms with E-state index >= 15 is 0 Å². The summed E-state index contributed by atoms with van der Waals surface area (Å²) >= 11 is 0. The molecule has 1 saturated heterocycles. The Bertz CT molecular complexity index is 307. The van der Waals surface area contributed by atoms with Gasteiger partial charge in [-0.15, -0.1) is 0 Å². The van der Waals surface area contributed by atoms with Crippen LogP contribution in [-0.2, 0) is 9.53 Å². The number of carbonyl (C=O) groups excluding carboxylic acids is 1. The van der Waals surface area contributed by atoms with Crippen LogP contribution in [0, 0.1) is 5.92 Å². The first-order valence-corrected chi connectivity index (χ1v) is 7.55. The van der Waals surface area contributed by atoms with E-state index in [-0.39, 0.29) is 12.3 Å². The van der Waals surface area contributed by atoms with Crippen LogP contribution in [-0.4, -0.2) is 73.4 Å². The van der Waals surface area contributed by atoms with Gasteiger partial charge in [-0.25, -0.2) is 0 Å². The van der Waals surface area contributed by atoms with E-state index in [0.29, 0.717) is 25.5 Å². The zero-order valence-electron chi connectivity index (χ0n) is 13.4. The van der Waals surface area contributed by atoms with Crippen LogP contribution in [0.4, 0.5) is 0 Å². The Morgan fingerprint density at radius 2 is 2.15 bits per heavy atom. The minimum absolute atomic E-state index is 0.00888. The van der Waals surface area contributed by atoms with Gasteiger partial charge in [-0.2, -0.15) is 0 Å². The first-order chi connectivity index (χ1) is 9.32. The molecule has 20 heavy (non-hydrogen) atoms. The van der Waals surface area contributed by atoms with E-state index in [1.165, 1.54) is 0 Å². The molecule has 0 spiro atoms. The molecule has 5 heteroatoms. The van der Waals surface area contributed by atoms with Gasteiger partial charge >= 0.3 is 0 Å².